The molecule has 1 rings (SSSR count). The zero-order valence-corrected chi connectivity index (χ0v) is 11.8. The van der Waals surface area contributed by atoms with E-state index in [0.717, 1.165) is 5.56 Å². The van der Waals surface area contributed by atoms with E-state index in [1.165, 1.54) is 0 Å². The fourth-order valence-electron chi connectivity index (χ4n) is 1.41. The summed E-state index contributed by atoms with van der Waals surface area (Å²) in [6.07, 6.45) is 0.287. The first-order chi connectivity index (χ1) is 9.09. The maximum atomic E-state index is 11.3. The zero-order chi connectivity index (χ0) is 14.1. The molecule has 1 aromatic rings. The summed E-state index contributed by atoms with van der Waals surface area (Å²) in [5, 5.41) is 11.1. The van der Waals surface area contributed by atoms with Crippen molar-refractivity contribution in [1.82, 2.24) is 5.32 Å². The van der Waals surface area contributed by atoms with E-state index in [-0.39, 0.29) is 19.0 Å². The fourth-order valence-corrected chi connectivity index (χ4v) is 1.41. The van der Waals surface area contributed by atoms with Crippen molar-refractivity contribution in [3.63, 3.8) is 0 Å². The number of nitrogens with one attached hydrogen (secondary N) is 1. The molecule has 0 saturated carbocycles. The molecule has 0 spiro atoms. The van der Waals surface area contributed by atoms with Gasteiger partial charge in [0, 0.05) is 6.54 Å². The molecule has 112 valence electrons. The third-order valence-corrected chi connectivity index (χ3v) is 2.49. The molecule has 0 aliphatic carbocycles. The Balaban J connectivity index is 0.00000361. The minimum Gasteiger partial charge on any atom is -0.480 e. The minimum absolute atomic E-state index is 0. The number of ether oxygens (including phenoxy) is 1. The van der Waals surface area contributed by atoms with E-state index in [2.05, 4.69) is 5.32 Å². The lowest BCUT2D eigenvalue weighted by atomic mass is 10.2. The van der Waals surface area contributed by atoms with Crippen LogP contribution < -0.4 is 11.1 Å². The molecule has 7 heteroatoms. The highest BCUT2D eigenvalue weighted by Gasteiger charge is 2.10. The smallest absolute Gasteiger partial charge is 0.407 e. The lowest BCUT2D eigenvalue weighted by molar-refractivity contribution is -0.138. The average molecular weight is 303 g/mol. The lowest BCUT2D eigenvalue weighted by Crippen LogP contribution is -2.32. The van der Waals surface area contributed by atoms with Crippen molar-refractivity contribution in [2.75, 3.05) is 6.54 Å². The molecule has 0 aliphatic heterocycles. The molecule has 6 nitrogen and oxygen atoms in total. The van der Waals surface area contributed by atoms with Crippen LogP contribution in [0.5, 0.6) is 0 Å². The minimum atomic E-state index is -1.04. The Kier molecular flexibility index (Phi) is 9.15. The number of hydrogen-bond acceptors (Lipinski definition) is 4. The Morgan fingerprint density at radius 1 is 1.30 bits per heavy atom. The summed E-state index contributed by atoms with van der Waals surface area (Å²) in [5.74, 6) is -1.04. The third-order valence-electron chi connectivity index (χ3n) is 2.49. The van der Waals surface area contributed by atoms with Crippen molar-refractivity contribution >= 4 is 24.5 Å². The molecule has 0 radical (unpaired) electrons. The van der Waals surface area contributed by atoms with Gasteiger partial charge in [0.05, 0.1) is 0 Å². The molecule has 1 amide bonds. The van der Waals surface area contributed by atoms with Crippen molar-refractivity contribution in [3.05, 3.63) is 35.9 Å². The highest BCUT2D eigenvalue weighted by Crippen LogP contribution is 2.00. The van der Waals surface area contributed by atoms with Gasteiger partial charge in [-0.15, -0.1) is 12.4 Å². The van der Waals surface area contributed by atoms with Gasteiger partial charge in [-0.25, -0.2) is 4.79 Å². The van der Waals surface area contributed by atoms with Gasteiger partial charge in [-0.3, -0.25) is 4.79 Å². The van der Waals surface area contributed by atoms with Crippen molar-refractivity contribution < 1.29 is 19.4 Å². The monoisotopic (exact) mass is 302 g/mol. The molecular weight excluding hydrogens is 284 g/mol. The van der Waals surface area contributed by atoms with E-state index in [0.29, 0.717) is 19.4 Å². The van der Waals surface area contributed by atoms with Gasteiger partial charge in [-0.05, 0) is 18.4 Å². The zero-order valence-electron chi connectivity index (χ0n) is 11.0. The maximum absolute atomic E-state index is 11.3. The van der Waals surface area contributed by atoms with Crippen LogP contribution in [0.1, 0.15) is 18.4 Å². The predicted molar refractivity (Wildman–Crippen MR) is 76.7 cm³/mol. The summed E-state index contributed by atoms with van der Waals surface area (Å²) in [6, 6.07) is 8.45. The number of carbonyl (C=O) groups is 2. The average Bonchev–Trinajstić information content (AvgIpc) is 2.42. The van der Waals surface area contributed by atoms with E-state index in [9.17, 15) is 9.59 Å². The quantitative estimate of drug-likeness (QED) is 0.663. The van der Waals surface area contributed by atoms with Crippen LogP contribution in [-0.4, -0.2) is 29.8 Å². The molecule has 1 atom stereocenters. The van der Waals surface area contributed by atoms with Gasteiger partial charge in [0.25, 0.3) is 0 Å². The van der Waals surface area contributed by atoms with Gasteiger partial charge >= 0.3 is 12.1 Å². The van der Waals surface area contributed by atoms with Gasteiger partial charge < -0.3 is 20.9 Å². The Hall–Kier alpha value is -1.79. The normalized spacial score (nSPS) is 11.1. The summed E-state index contributed by atoms with van der Waals surface area (Å²) >= 11 is 0. The van der Waals surface area contributed by atoms with E-state index in [1.54, 1.807) is 0 Å². The van der Waals surface area contributed by atoms with Gasteiger partial charge in [0.15, 0.2) is 0 Å². The van der Waals surface area contributed by atoms with Crippen molar-refractivity contribution in [2.45, 2.75) is 25.5 Å². The Morgan fingerprint density at radius 3 is 2.55 bits per heavy atom. The SMILES string of the molecule is Cl.N[C@H](CCCNC(=O)OCc1ccccc1)C(=O)O. The van der Waals surface area contributed by atoms with Gasteiger partial charge in [-0.1, -0.05) is 30.3 Å². The number of aliphatic carboxylic acids is 1. The highest BCUT2D eigenvalue weighted by molar-refractivity contribution is 5.85. The van der Waals surface area contributed by atoms with Crippen LogP contribution >= 0.6 is 12.4 Å². The number of alkyl carbamates (subject to hydrolysis) is 1. The van der Waals surface area contributed by atoms with Crippen LogP contribution in [0, 0.1) is 0 Å². The first kappa shape index (κ1) is 18.2. The second-order valence-electron chi connectivity index (χ2n) is 4.08. The highest BCUT2D eigenvalue weighted by atomic mass is 35.5. The maximum Gasteiger partial charge on any atom is 0.407 e. The van der Waals surface area contributed by atoms with Crippen LogP contribution in [0.4, 0.5) is 4.79 Å². The van der Waals surface area contributed by atoms with Crippen molar-refractivity contribution in [2.24, 2.45) is 5.73 Å². The summed E-state index contributed by atoms with van der Waals surface area (Å²) in [5.41, 5.74) is 6.23. The van der Waals surface area contributed by atoms with Crippen LogP contribution in [0.2, 0.25) is 0 Å². The van der Waals surface area contributed by atoms with Gasteiger partial charge in [0.2, 0.25) is 0 Å². The molecule has 0 heterocycles. The number of benzene rings is 1. The number of carboxylic acid groups (broad SMARTS) is 1. The fraction of sp³-hybridized carbons (Fsp3) is 0.385. The molecule has 0 aromatic heterocycles. The molecule has 0 unspecified atom stereocenters. The molecule has 0 bridgehead atoms. The summed E-state index contributed by atoms with van der Waals surface area (Å²) in [4.78, 5) is 21.8. The summed E-state index contributed by atoms with van der Waals surface area (Å²) in [6.45, 7) is 0.552. The molecule has 1 aromatic carbocycles. The van der Waals surface area contributed by atoms with Crippen LogP contribution in [0.15, 0.2) is 30.3 Å². The number of hydrogen-bond donors (Lipinski definition) is 3. The second kappa shape index (κ2) is 10.1. The summed E-state index contributed by atoms with van der Waals surface area (Å²) in [7, 11) is 0. The van der Waals surface area contributed by atoms with Crippen molar-refractivity contribution in [3.8, 4) is 0 Å². The van der Waals surface area contributed by atoms with E-state index in [4.69, 9.17) is 15.6 Å². The van der Waals surface area contributed by atoms with E-state index < -0.39 is 18.1 Å². The van der Waals surface area contributed by atoms with Gasteiger partial charge in [-0.2, -0.15) is 0 Å². The number of carboxylic acids is 1. The Morgan fingerprint density at radius 2 is 1.95 bits per heavy atom. The Bertz CT molecular complexity index is 414. The first-order valence-electron chi connectivity index (χ1n) is 6.02. The topological polar surface area (TPSA) is 102 Å². The molecule has 4 N–H and O–H groups in total. The van der Waals surface area contributed by atoms with Crippen LogP contribution in [0.3, 0.4) is 0 Å². The van der Waals surface area contributed by atoms with E-state index in [1.807, 2.05) is 30.3 Å². The molecular formula is C13H19ClN2O4. The standard InChI is InChI=1S/C13H18N2O4.ClH/c14-11(12(16)17)7-4-8-15-13(18)19-9-10-5-2-1-3-6-10;/h1-3,5-6,11H,4,7-9,14H2,(H,15,18)(H,16,17);1H/t11-;/m1./s1. The largest absolute Gasteiger partial charge is 0.480 e. The molecule has 0 aliphatic rings. The number of rotatable bonds is 7. The predicted octanol–water partition coefficient (Wildman–Crippen LogP) is 1.53. The third kappa shape index (κ3) is 7.60. The molecule has 0 fully saturated rings. The number of nitrogens with two attached hydrogens (primary N) is 1. The van der Waals surface area contributed by atoms with Gasteiger partial charge in [0.1, 0.15) is 12.6 Å². The second-order valence-corrected chi connectivity index (χ2v) is 4.08. The van der Waals surface area contributed by atoms with Crippen molar-refractivity contribution in [1.29, 1.82) is 0 Å². The summed E-state index contributed by atoms with van der Waals surface area (Å²) < 4.78 is 4.98. The Labute approximate surface area is 123 Å². The van der Waals surface area contributed by atoms with Crippen LogP contribution in [-0.2, 0) is 16.1 Å². The van der Waals surface area contributed by atoms with Crippen LogP contribution in [0.25, 0.3) is 0 Å². The van der Waals surface area contributed by atoms with E-state index >= 15 is 0 Å². The molecule has 20 heavy (non-hydrogen) atoms. The lowest BCUT2D eigenvalue weighted by Gasteiger charge is -2.08. The number of carbonyl (C=O) groups excluding carboxylic acids is 1. The number of amides is 1. The molecule has 0 saturated heterocycles. The number of halogens is 1. The first-order valence-corrected chi connectivity index (χ1v) is 6.02.